The molecule has 0 saturated carbocycles. The number of nitrogens with one attached hydrogen (secondary N) is 2. The lowest BCUT2D eigenvalue weighted by Crippen LogP contribution is -2.22. The summed E-state index contributed by atoms with van der Waals surface area (Å²) in [6.45, 7) is 3.42. The van der Waals surface area contributed by atoms with Gasteiger partial charge in [0.25, 0.3) is 0 Å². The first kappa shape index (κ1) is 19.4. The van der Waals surface area contributed by atoms with Crippen LogP contribution in [-0.2, 0) is 4.79 Å². The zero-order valence-electron chi connectivity index (χ0n) is 11.5. The highest BCUT2D eigenvalue weighted by atomic mass is 16.1. The van der Waals surface area contributed by atoms with Gasteiger partial charge in [0, 0.05) is 13.0 Å². The Morgan fingerprint density at radius 1 is 0.889 bits per heavy atom. The second-order valence-corrected chi connectivity index (χ2v) is 4.35. The molecular weight excluding hydrogens is 228 g/mol. The molecule has 0 fully saturated rings. The number of unbranched alkanes of at least 4 members (excludes halogenated alkanes) is 8. The van der Waals surface area contributed by atoms with Gasteiger partial charge in [-0.15, -0.1) is 0 Å². The van der Waals surface area contributed by atoms with E-state index in [0.717, 1.165) is 19.4 Å². The number of hydrazine groups is 1. The van der Waals surface area contributed by atoms with Crippen molar-refractivity contribution < 1.29 is 4.79 Å². The highest BCUT2D eigenvalue weighted by Gasteiger charge is 1.95. The molecule has 0 heterocycles. The third kappa shape index (κ3) is 20.5. The van der Waals surface area contributed by atoms with Crippen LogP contribution in [0.1, 0.15) is 64.2 Å². The van der Waals surface area contributed by atoms with E-state index >= 15 is 0 Å². The van der Waals surface area contributed by atoms with Gasteiger partial charge in [-0.3, -0.25) is 16.1 Å². The van der Waals surface area contributed by atoms with Crippen molar-refractivity contribution in [1.29, 1.82) is 5.41 Å². The standard InChI is InChI=1S/C12H27N3O.CH3N/c13-12(16)10-8-6-4-2-1-3-5-7-9-11-15-14;1-2/h15H,1-11,14H2,(H2,13,16);2H,1H2. The molecule has 0 aromatic carbocycles. The van der Waals surface area contributed by atoms with Crippen LogP contribution in [0.3, 0.4) is 0 Å². The highest BCUT2D eigenvalue weighted by Crippen LogP contribution is 2.10. The van der Waals surface area contributed by atoms with Crippen molar-refractivity contribution >= 4 is 12.6 Å². The first-order valence-corrected chi connectivity index (χ1v) is 6.84. The fourth-order valence-corrected chi connectivity index (χ4v) is 1.76. The molecule has 108 valence electrons. The molecule has 5 heteroatoms. The normalized spacial score (nSPS) is 9.61. The lowest BCUT2D eigenvalue weighted by atomic mass is 10.1. The highest BCUT2D eigenvalue weighted by molar-refractivity contribution is 5.73. The minimum atomic E-state index is -0.173. The molecule has 0 aliphatic heterocycles. The molecule has 0 rings (SSSR count). The van der Waals surface area contributed by atoms with E-state index in [1.807, 2.05) is 0 Å². The second-order valence-electron chi connectivity index (χ2n) is 4.35. The van der Waals surface area contributed by atoms with Crippen molar-refractivity contribution in [2.24, 2.45) is 11.6 Å². The molecule has 0 atom stereocenters. The van der Waals surface area contributed by atoms with Crippen LogP contribution in [0.5, 0.6) is 0 Å². The van der Waals surface area contributed by atoms with E-state index in [9.17, 15) is 4.79 Å². The first-order chi connectivity index (χ1) is 8.77. The number of hydrogen-bond donors (Lipinski definition) is 4. The molecule has 0 unspecified atom stereocenters. The maximum absolute atomic E-state index is 10.5. The fraction of sp³-hybridized carbons (Fsp3) is 0.846. The molecule has 0 bridgehead atoms. The summed E-state index contributed by atoms with van der Waals surface area (Å²) < 4.78 is 0. The third-order valence-corrected chi connectivity index (χ3v) is 2.74. The van der Waals surface area contributed by atoms with Crippen molar-refractivity contribution in [3.8, 4) is 0 Å². The van der Waals surface area contributed by atoms with Gasteiger partial charge in [-0.05, 0) is 19.6 Å². The van der Waals surface area contributed by atoms with Gasteiger partial charge in [0.15, 0.2) is 0 Å². The van der Waals surface area contributed by atoms with Gasteiger partial charge >= 0.3 is 0 Å². The number of rotatable bonds is 12. The van der Waals surface area contributed by atoms with Gasteiger partial charge in [0.1, 0.15) is 0 Å². The van der Waals surface area contributed by atoms with Crippen LogP contribution in [-0.4, -0.2) is 19.2 Å². The summed E-state index contributed by atoms with van der Waals surface area (Å²) in [5, 5.41) is 5.50. The van der Waals surface area contributed by atoms with E-state index in [4.69, 9.17) is 17.0 Å². The topological polar surface area (TPSA) is 105 Å². The zero-order valence-corrected chi connectivity index (χ0v) is 11.5. The zero-order chi connectivity index (χ0) is 14.1. The molecule has 0 aliphatic carbocycles. The molecule has 18 heavy (non-hydrogen) atoms. The summed E-state index contributed by atoms with van der Waals surface area (Å²) >= 11 is 0. The minimum Gasteiger partial charge on any atom is -0.370 e. The Labute approximate surface area is 111 Å². The van der Waals surface area contributed by atoms with E-state index < -0.39 is 0 Å². The quantitative estimate of drug-likeness (QED) is 0.186. The number of carbonyl (C=O) groups excluding carboxylic acids is 1. The van der Waals surface area contributed by atoms with Gasteiger partial charge in [0.2, 0.25) is 5.91 Å². The summed E-state index contributed by atoms with van der Waals surface area (Å²) in [4.78, 5) is 10.5. The van der Waals surface area contributed by atoms with Crippen LogP contribution in [0.15, 0.2) is 0 Å². The molecular formula is C13H30N4O. The van der Waals surface area contributed by atoms with E-state index in [-0.39, 0.29) is 5.91 Å². The molecule has 0 saturated heterocycles. The summed E-state index contributed by atoms with van der Waals surface area (Å²) in [5.74, 6) is 5.00. The number of hydrogen-bond acceptors (Lipinski definition) is 4. The third-order valence-electron chi connectivity index (χ3n) is 2.74. The summed E-state index contributed by atoms with van der Waals surface area (Å²) in [6.07, 6.45) is 11.5. The molecule has 0 aromatic heterocycles. The van der Waals surface area contributed by atoms with Gasteiger partial charge in [0.05, 0.1) is 0 Å². The number of nitrogens with two attached hydrogens (primary N) is 2. The Hall–Kier alpha value is -0.940. The molecule has 6 N–H and O–H groups in total. The predicted molar refractivity (Wildman–Crippen MR) is 77.4 cm³/mol. The number of carbonyl (C=O) groups is 1. The van der Waals surface area contributed by atoms with Gasteiger partial charge in [-0.25, -0.2) is 0 Å². The molecule has 0 spiro atoms. The Morgan fingerprint density at radius 2 is 1.28 bits per heavy atom. The minimum absolute atomic E-state index is 0.173. The van der Waals surface area contributed by atoms with Crippen LogP contribution in [0.2, 0.25) is 0 Å². The van der Waals surface area contributed by atoms with Crippen molar-refractivity contribution in [2.45, 2.75) is 64.2 Å². The van der Waals surface area contributed by atoms with Crippen molar-refractivity contribution in [3.05, 3.63) is 0 Å². The Kier molecular flexibility index (Phi) is 19.9. The summed E-state index contributed by atoms with van der Waals surface area (Å²) in [6, 6.07) is 0. The monoisotopic (exact) mass is 258 g/mol. The van der Waals surface area contributed by atoms with Gasteiger partial charge < -0.3 is 11.1 Å². The van der Waals surface area contributed by atoms with Crippen LogP contribution >= 0.6 is 0 Å². The first-order valence-electron chi connectivity index (χ1n) is 6.84. The Morgan fingerprint density at radius 3 is 1.67 bits per heavy atom. The van der Waals surface area contributed by atoms with Gasteiger partial charge in [-0.2, -0.15) is 0 Å². The van der Waals surface area contributed by atoms with Crippen LogP contribution in [0.4, 0.5) is 0 Å². The summed E-state index contributed by atoms with van der Waals surface area (Å²) in [7, 11) is 0. The number of amides is 1. The fourth-order valence-electron chi connectivity index (χ4n) is 1.76. The Balaban J connectivity index is 0. The maximum Gasteiger partial charge on any atom is 0.217 e. The molecule has 0 aliphatic rings. The average molecular weight is 258 g/mol. The van der Waals surface area contributed by atoms with E-state index in [0.29, 0.717) is 6.42 Å². The van der Waals surface area contributed by atoms with Crippen molar-refractivity contribution in [2.75, 3.05) is 6.54 Å². The van der Waals surface area contributed by atoms with E-state index in [2.05, 4.69) is 12.1 Å². The van der Waals surface area contributed by atoms with Crippen molar-refractivity contribution in [1.82, 2.24) is 5.43 Å². The lowest BCUT2D eigenvalue weighted by Gasteiger charge is -2.02. The lowest BCUT2D eigenvalue weighted by molar-refractivity contribution is -0.118. The maximum atomic E-state index is 10.5. The average Bonchev–Trinajstić information content (AvgIpc) is 2.38. The van der Waals surface area contributed by atoms with E-state index in [1.54, 1.807) is 0 Å². The summed E-state index contributed by atoms with van der Waals surface area (Å²) in [5.41, 5.74) is 7.72. The number of primary amides is 1. The van der Waals surface area contributed by atoms with Crippen LogP contribution in [0, 0.1) is 5.41 Å². The molecule has 1 amide bonds. The smallest absolute Gasteiger partial charge is 0.217 e. The second kappa shape index (κ2) is 18.4. The molecule has 0 aromatic rings. The molecule has 0 radical (unpaired) electrons. The van der Waals surface area contributed by atoms with Gasteiger partial charge in [-0.1, -0.05) is 44.9 Å². The Bertz CT molecular complexity index is 176. The SMILES string of the molecule is C=N.NNCCCCCCCCCCCC(N)=O. The van der Waals surface area contributed by atoms with Crippen LogP contribution in [0.25, 0.3) is 0 Å². The predicted octanol–water partition coefficient (Wildman–Crippen LogP) is 2.10. The largest absolute Gasteiger partial charge is 0.370 e. The van der Waals surface area contributed by atoms with E-state index in [1.165, 1.54) is 44.9 Å². The molecule has 5 nitrogen and oxygen atoms in total. The van der Waals surface area contributed by atoms with Crippen molar-refractivity contribution in [3.63, 3.8) is 0 Å². The van der Waals surface area contributed by atoms with Crippen LogP contribution < -0.4 is 17.0 Å².